The fraction of sp³-hybridized carbons (Fsp3) is 0.333. The summed E-state index contributed by atoms with van der Waals surface area (Å²) >= 11 is 0. The molecule has 2 aromatic carbocycles. The number of likely N-dealkylation sites (N-methyl/N-ethyl adjacent to an activating group) is 1. The molecule has 0 radical (unpaired) electrons. The molecule has 0 bridgehead atoms. The molecule has 0 spiro atoms. The largest absolute Gasteiger partial charge is 0.396 e. The molecule has 0 aliphatic heterocycles. The normalized spacial score (nSPS) is 12.6. The number of rotatable bonds is 5. The number of hydrogen-bond donors (Lipinski definition) is 2. The maximum atomic E-state index is 9.35. The quantitative estimate of drug-likeness (QED) is 0.847. The first-order valence-corrected chi connectivity index (χ1v) is 6.19. The number of benzene rings is 2. The Morgan fingerprint density at radius 1 is 1.06 bits per heavy atom. The van der Waals surface area contributed by atoms with Crippen molar-refractivity contribution in [2.75, 3.05) is 25.2 Å². The highest BCUT2D eigenvalue weighted by Crippen LogP contribution is 2.23. The average molecular weight is 245 g/mol. The van der Waals surface area contributed by atoms with Gasteiger partial charge in [0.1, 0.15) is 0 Å². The van der Waals surface area contributed by atoms with Crippen LogP contribution in [0.25, 0.3) is 10.8 Å². The smallest absolute Gasteiger partial charge is 0.0635 e. The molecule has 0 saturated carbocycles. The molecule has 0 aliphatic carbocycles. The van der Waals surface area contributed by atoms with Crippen LogP contribution < -0.4 is 4.90 Å². The van der Waals surface area contributed by atoms with Crippen molar-refractivity contribution in [2.45, 2.75) is 12.5 Å². The lowest BCUT2D eigenvalue weighted by Crippen LogP contribution is -2.35. The Morgan fingerprint density at radius 3 is 2.44 bits per heavy atom. The molecule has 0 fully saturated rings. The third-order valence-corrected chi connectivity index (χ3v) is 3.36. The van der Waals surface area contributed by atoms with E-state index >= 15 is 0 Å². The van der Waals surface area contributed by atoms with Crippen LogP contribution in [0, 0.1) is 0 Å². The van der Waals surface area contributed by atoms with Crippen molar-refractivity contribution < 1.29 is 10.2 Å². The Labute approximate surface area is 107 Å². The van der Waals surface area contributed by atoms with Gasteiger partial charge in [-0.25, -0.2) is 0 Å². The highest BCUT2D eigenvalue weighted by Gasteiger charge is 2.13. The van der Waals surface area contributed by atoms with E-state index < -0.39 is 0 Å². The summed E-state index contributed by atoms with van der Waals surface area (Å²) < 4.78 is 0. The zero-order valence-electron chi connectivity index (χ0n) is 10.6. The van der Waals surface area contributed by atoms with Crippen molar-refractivity contribution in [3.63, 3.8) is 0 Å². The molecule has 3 heteroatoms. The molecule has 3 nitrogen and oxygen atoms in total. The Morgan fingerprint density at radius 2 is 1.78 bits per heavy atom. The summed E-state index contributed by atoms with van der Waals surface area (Å²) in [6.45, 7) is 0.132. The van der Waals surface area contributed by atoms with Crippen LogP contribution in [-0.4, -0.2) is 36.5 Å². The number of fused-ring (bicyclic) bond motifs is 1. The van der Waals surface area contributed by atoms with Crippen LogP contribution in [0.1, 0.15) is 6.42 Å². The number of nitrogens with zero attached hydrogens (tertiary/aromatic N) is 1. The molecule has 1 atom stereocenters. The van der Waals surface area contributed by atoms with Gasteiger partial charge in [-0.15, -0.1) is 0 Å². The van der Waals surface area contributed by atoms with Gasteiger partial charge in [-0.3, -0.25) is 0 Å². The minimum atomic E-state index is -0.0452. The summed E-state index contributed by atoms with van der Waals surface area (Å²) in [4.78, 5) is 2.02. The molecule has 18 heavy (non-hydrogen) atoms. The van der Waals surface area contributed by atoms with Gasteiger partial charge >= 0.3 is 0 Å². The van der Waals surface area contributed by atoms with E-state index in [1.165, 1.54) is 10.8 Å². The van der Waals surface area contributed by atoms with Crippen molar-refractivity contribution in [3.05, 3.63) is 42.5 Å². The van der Waals surface area contributed by atoms with E-state index in [1.807, 2.05) is 30.1 Å². The summed E-state index contributed by atoms with van der Waals surface area (Å²) in [5.74, 6) is 0. The number of aliphatic hydroxyl groups is 2. The SMILES string of the molecule is CN(c1ccc2ccccc2c1)C(CO)CCO. The molecule has 2 N–H and O–H groups in total. The van der Waals surface area contributed by atoms with Crippen LogP contribution in [0.3, 0.4) is 0 Å². The second-order valence-electron chi connectivity index (χ2n) is 4.49. The summed E-state index contributed by atoms with van der Waals surface area (Å²) in [7, 11) is 1.95. The summed E-state index contributed by atoms with van der Waals surface area (Å²) in [6, 6.07) is 14.4. The van der Waals surface area contributed by atoms with Gasteiger partial charge in [0.05, 0.1) is 12.6 Å². The standard InChI is InChI=1S/C15H19NO2/c1-16(15(11-18)8-9-17)14-7-6-12-4-2-3-5-13(12)10-14/h2-7,10,15,17-18H,8-9,11H2,1H3. The fourth-order valence-electron chi connectivity index (χ4n) is 2.16. The van der Waals surface area contributed by atoms with Gasteiger partial charge < -0.3 is 15.1 Å². The molecule has 2 aromatic rings. The van der Waals surface area contributed by atoms with Crippen molar-refractivity contribution in [2.24, 2.45) is 0 Å². The van der Waals surface area contributed by atoms with Gasteiger partial charge in [-0.1, -0.05) is 30.3 Å². The fourth-order valence-corrected chi connectivity index (χ4v) is 2.16. The Kier molecular flexibility index (Phi) is 4.18. The maximum Gasteiger partial charge on any atom is 0.0635 e. The lowest BCUT2D eigenvalue weighted by atomic mass is 10.1. The van der Waals surface area contributed by atoms with Crippen LogP contribution in [0.4, 0.5) is 5.69 Å². The summed E-state index contributed by atoms with van der Waals surface area (Å²) in [5, 5.41) is 20.7. The number of hydrogen-bond acceptors (Lipinski definition) is 3. The topological polar surface area (TPSA) is 43.7 Å². The second kappa shape index (κ2) is 5.85. The van der Waals surface area contributed by atoms with E-state index in [-0.39, 0.29) is 19.3 Å². The second-order valence-corrected chi connectivity index (χ2v) is 4.49. The summed E-state index contributed by atoms with van der Waals surface area (Å²) in [5.41, 5.74) is 1.06. The molecule has 1 unspecified atom stereocenters. The van der Waals surface area contributed by atoms with Gasteiger partial charge in [0, 0.05) is 19.3 Å². The molecular weight excluding hydrogens is 226 g/mol. The van der Waals surface area contributed by atoms with E-state index in [1.54, 1.807) is 0 Å². The van der Waals surface area contributed by atoms with Crippen molar-refractivity contribution in [1.29, 1.82) is 0 Å². The lowest BCUT2D eigenvalue weighted by Gasteiger charge is -2.28. The minimum Gasteiger partial charge on any atom is -0.396 e. The van der Waals surface area contributed by atoms with Gasteiger partial charge in [0.15, 0.2) is 0 Å². The van der Waals surface area contributed by atoms with Crippen LogP contribution in [0.5, 0.6) is 0 Å². The maximum absolute atomic E-state index is 9.35. The lowest BCUT2D eigenvalue weighted by molar-refractivity contribution is 0.218. The Balaban J connectivity index is 2.29. The number of anilines is 1. The molecule has 96 valence electrons. The predicted octanol–water partition coefficient (Wildman–Crippen LogP) is 2.02. The van der Waals surface area contributed by atoms with Gasteiger partial charge in [0.2, 0.25) is 0 Å². The minimum absolute atomic E-state index is 0.0452. The number of aliphatic hydroxyl groups excluding tert-OH is 2. The highest BCUT2D eigenvalue weighted by molar-refractivity contribution is 5.85. The van der Waals surface area contributed by atoms with Gasteiger partial charge in [-0.05, 0) is 29.3 Å². The molecule has 0 aliphatic rings. The van der Waals surface area contributed by atoms with E-state index in [9.17, 15) is 5.11 Å². The zero-order chi connectivity index (χ0) is 13.0. The molecular formula is C15H19NO2. The zero-order valence-corrected chi connectivity index (χ0v) is 10.6. The van der Waals surface area contributed by atoms with Crippen molar-refractivity contribution in [3.8, 4) is 0 Å². The van der Waals surface area contributed by atoms with Crippen LogP contribution in [-0.2, 0) is 0 Å². The molecule has 0 amide bonds. The van der Waals surface area contributed by atoms with Crippen LogP contribution in [0.2, 0.25) is 0 Å². The van der Waals surface area contributed by atoms with Crippen molar-refractivity contribution >= 4 is 16.5 Å². The highest BCUT2D eigenvalue weighted by atomic mass is 16.3. The molecule has 0 saturated heterocycles. The first-order chi connectivity index (χ1) is 8.76. The molecule has 0 heterocycles. The van der Waals surface area contributed by atoms with Gasteiger partial charge in [-0.2, -0.15) is 0 Å². The first-order valence-electron chi connectivity index (χ1n) is 6.19. The molecule has 2 rings (SSSR count). The summed E-state index contributed by atoms with van der Waals surface area (Å²) in [6.07, 6.45) is 0.569. The average Bonchev–Trinajstić information content (AvgIpc) is 2.43. The van der Waals surface area contributed by atoms with Crippen LogP contribution >= 0.6 is 0 Å². The first kappa shape index (κ1) is 12.9. The van der Waals surface area contributed by atoms with Crippen LogP contribution in [0.15, 0.2) is 42.5 Å². The monoisotopic (exact) mass is 245 g/mol. The van der Waals surface area contributed by atoms with E-state index in [0.717, 1.165) is 5.69 Å². The van der Waals surface area contributed by atoms with E-state index in [0.29, 0.717) is 6.42 Å². The third kappa shape index (κ3) is 2.63. The Hall–Kier alpha value is -1.58. The van der Waals surface area contributed by atoms with Crippen molar-refractivity contribution in [1.82, 2.24) is 0 Å². The molecule has 0 aromatic heterocycles. The van der Waals surface area contributed by atoms with E-state index in [2.05, 4.69) is 24.3 Å². The Bertz CT molecular complexity index is 513. The van der Waals surface area contributed by atoms with E-state index in [4.69, 9.17) is 5.11 Å². The third-order valence-electron chi connectivity index (χ3n) is 3.36. The predicted molar refractivity (Wildman–Crippen MR) is 74.9 cm³/mol. The van der Waals surface area contributed by atoms with Gasteiger partial charge in [0.25, 0.3) is 0 Å².